The van der Waals surface area contributed by atoms with Crippen LogP contribution in [0.3, 0.4) is 0 Å². The molecule has 0 amide bonds. The number of ether oxygens (including phenoxy) is 2. The smallest absolute Gasteiger partial charge is 0.309 e. The molecular weight excluding hydrogens is 204 g/mol. The van der Waals surface area contributed by atoms with Gasteiger partial charge in [-0.15, -0.1) is 0 Å². The molecule has 2 aliphatic rings. The van der Waals surface area contributed by atoms with Gasteiger partial charge >= 0.3 is 5.97 Å². The Morgan fingerprint density at radius 1 is 1.50 bits per heavy atom. The highest BCUT2D eigenvalue weighted by molar-refractivity contribution is 5.79. The molecule has 0 bridgehead atoms. The third-order valence-corrected chi connectivity index (χ3v) is 3.44. The van der Waals surface area contributed by atoms with E-state index in [0.717, 1.165) is 11.3 Å². The van der Waals surface area contributed by atoms with E-state index in [1.54, 1.807) is 0 Å². The number of carbonyl (C=O) groups is 1. The fourth-order valence-electron chi connectivity index (χ4n) is 2.64. The first-order valence-electron chi connectivity index (χ1n) is 5.71. The third kappa shape index (κ3) is 1.31. The highest BCUT2D eigenvalue weighted by atomic mass is 16.5. The summed E-state index contributed by atoms with van der Waals surface area (Å²) in [6, 6.07) is 7.96. The van der Waals surface area contributed by atoms with Crippen LogP contribution in [0.5, 0.6) is 5.75 Å². The number of esters is 1. The van der Waals surface area contributed by atoms with Gasteiger partial charge in [0.05, 0.1) is 19.1 Å². The largest absolute Gasteiger partial charge is 0.493 e. The van der Waals surface area contributed by atoms with Gasteiger partial charge in [0.25, 0.3) is 0 Å². The molecule has 1 aromatic carbocycles. The van der Waals surface area contributed by atoms with E-state index in [0.29, 0.717) is 25.0 Å². The van der Waals surface area contributed by atoms with Gasteiger partial charge in [-0.1, -0.05) is 18.2 Å². The molecule has 3 heteroatoms. The van der Waals surface area contributed by atoms with Crippen LogP contribution in [0.15, 0.2) is 24.3 Å². The second-order valence-electron chi connectivity index (χ2n) is 4.32. The summed E-state index contributed by atoms with van der Waals surface area (Å²) in [5.41, 5.74) is 1.16. The Balaban J connectivity index is 1.85. The first kappa shape index (κ1) is 9.70. The molecular formula is C13H14O3. The molecule has 0 saturated heterocycles. The highest BCUT2D eigenvalue weighted by Gasteiger charge is 2.59. The first-order chi connectivity index (χ1) is 7.83. The van der Waals surface area contributed by atoms with Crippen LogP contribution in [-0.2, 0) is 9.53 Å². The van der Waals surface area contributed by atoms with Gasteiger partial charge in [-0.05, 0) is 18.6 Å². The van der Waals surface area contributed by atoms with Crippen molar-refractivity contribution in [1.82, 2.24) is 0 Å². The van der Waals surface area contributed by atoms with Crippen LogP contribution in [0.25, 0.3) is 0 Å². The second kappa shape index (κ2) is 3.51. The van der Waals surface area contributed by atoms with Crippen molar-refractivity contribution < 1.29 is 14.3 Å². The summed E-state index contributed by atoms with van der Waals surface area (Å²) in [7, 11) is 0. The average molecular weight is 218 g/mol. The highest BCUT2D eigenvalue weighted by Crippen LogP contribution is 2.59. The zero-order valence-electron chi connectivity index (χ0n) is 9.18. The maximum absolute atomic E-state index is 11.7. The van der Waals surface area contributed by atoms with Crippen LogP contribution in [0, 0.1) is 11.8 Å². The Morgan fingerprint density at radius 2 is 2.31 bits per heavy atom. The van der Waals surface area contributed by atoms with Crippen molar-refractivity contribution in [3.63, 3.8) is 0 Å². The molecule has 1 aromatic rings. The Labute approximate surface area is 94.4 Å². The van der Waals surface area contributed by atoms with Crippen LogP contribution in [0.1, 0.15) is 18.4 Å². The summed E-state index contributed by atoms with van der Waals surface area (Å²) >= 11 is 0. The van der Waals surface area contributed by atoms with E-state index < -0.39 is 0 Å². The van der Waals surface area contributed by atoms with Crippen LogP contribution in [-0.4, -0.2) is 19.2 Å². The maximum atomic E-state index is 11.7. The molecule has 84 valence electrons. The Kier molecular flexibility index (Phi) is 2.13. The zero-order valence-corrected chi connectivity index (χ0v) is 9.18. The minimum absolute atomic E-state index is 0.0172. The summed E-state index contributed by atoms with van der Waals surface area (Å²) in [4.78, 5) is 11.7. The van der Waals surface area contributed by atoms with Crippen molar-refractivity contribution in [3.8, 4) is 5.75 Å². The minimum Gasteiger partial charge on any atom is -0.493 e. The standard InChI is InChI=1S/C13H14O3/c1-2-15-13(14)12-9-7-16-10-6-4-3-5-8(10)11(9)12/h3-6,9,11-12H,2,7H2,1H3/t9-,11+,12+/m1/s1. The minimum atomic E-state index is -0.0715. The van der Waals surface area contributed by atoms with Gasteiger partial charge in [-0.3, -0.25) is 4.79 Å². The number of rotatable bonds is 2. The molecule has 1 aliphatic carbocycles. The van der Waals surface area contributed by atoms with Gasteiger partial charge in [0.15, 0.2) is 0 Å². The van der Waals surface area contributed by atoms with Crippen LogP contribution >= 0.6 is 0 Å². The van der Waals surface area contributed by atoms with Gasteiger partial charge in [0.1, 0.15) is 5.75 Å². The quantitative estimate of drug-likeness (QED) is 0.712. The topological polar surface area (TPSA) is 35.5 Å². The summed E-state index contributed by atoms with van der Waals surface area (Å²) in [5.74, 6) is 1.52. The molecule has 16 heavy (non-hydrogen) atoms. The Bertz CT molecular complexity index is 427. The molecule has 0 N–H and O–H groups in total. The van der Waals surface area contributed by atoms with Crippen molar-refractivity contribution >= 4 is 5.97 Å². The number of carbonyl (C=O) groups excluding carboxylic acids is 1. The zero-order chi connectivity index (χ0) is 11.1. The number of para-hydroxylation sites is 1. The van der Waals surface area contributed by atoms with Crippen LogP contribution in [0.4, 0.5) is 0 Å². The number of fused-ring (bicyclic) bond motifs is 3. The van der Waals surface area contributed by atoms with Gasteiger partial charge < -0.3 is 9.47 Å². The lowest BCUT2D eigenvalue weighted by atomic mass is 10.1. The van der Waals surface area contributed by atoms with Crippen molar-refractivity contribution in [2.24, 2.45) is 11.8 Å². The van der Waals surface area contributed by atoms with E-state index in [1.807, 2.05) is 31.2 Å². The van der Waals surface area contributed by atoms with Gasteiger partial charge in [0.2, 0.25) is 0 Å². The molecule has 0 aromatic heterocycles. The molecule has 3 atom stereocenters. The Hall–Kier alpha value is -1.51. The van der Waals surface area contributed by atoms with E-state index in [2.05, 4.69) is 0 Å². The van der Waals surface area contributed by atoms with Crippen molar-refractivity contribution in [3.05, 3.63) is 29.8 Å². The molecule has 0 unspecified atom stereocenters. The molecule has 3 rings (SSSR count). The predicted molar refractivity (Wildman–Crippen MR) is 58.3 cm³/mol. The third-order valence-electron chi connectivity index (χ3n) is 3.44. The van der Waals surface area contributed by atoms with Crippen molar-refractivity contribution in [2.75, 3.05) is 13.2 Å². The molecule has 0 radical (unpaired) electrons. The Morgan fingerprint density at radius 3 is 3.12 bits per heavy atom. The lowest BCUT2D eigenvalue weighted by molar-refractivity contribution is -0.145. The predicted octanol–water partition coefficient (Wildman–Crippen LogP) is 1.97. The van der Waals surface area contributed by atoms with Gasteiger partial charge in [0, 0.05) is 11.8 Å². The fourth-order valence-corrected chi connectivity index (χ4v) is 2.64. The second-order valence-corrected chi connectivity index (χ2v) is 4.32. The molecule has 1 heterocycles. The summed E-state index contributed by atoms with van der Waals surface area (Å²) in [5, 5.41) is 0. The summed E-state index contributed by atoms with van der Waals surface area (Å²) < 4.78 is 10.7. The van der Waals surface area contributed by atoms with Gasteiger partial charge in [-0.2, -0.15) is 0 Å². The fraction of sp³-hybridized carbons (Fsp3) is 0.462. The summed E-state index contributed by atoms with van der Waals surface area (Å²) in [6.07, 6.45) is 0. The summed E-state index contributed by atoms with van der Waals surface area (Å²) in [6.45, 7) is 2.94. The lowest BCUT2D eigenvalue weighted by Crippen LogP contribution is -2.10. The van der Waals surface area contributed by atoms with E-state index in [1.165, 1.54) is 0 Å². The lowest BCUT2D eigenvalue weighted by Gasteiger charge is -2.15. The average Bonchev–Trinajstić information content (AvgIpc) is 3.04. The van der Waals surface area contributed by atoms with E-state index >= 15 is 0 Å². The normalized spacial score (nSPS) is 29.7. The molecule has 0 spiro atoms. The van der Waals surface area contributed by atoms with Crippen LogP contribution < -0.4 is 4.74 Å². The first-order valence-corrected chi connectivity index (χ1v) is 5.71. The van der Waals surface area contributed by atoms with Crippen molar-refractivity contribution in [1.29, 1.82) is 0 Å². The van der Waals surface area contributed by atoms with E-state index in [9.17, 15) is 4.79 Å². The van der Waals surface area contributed by atoms with Crippen LogP contribution in [0.2, 0.25) is 0 Å². The number of benzene rings is 1. The van der Waals surface area contributed by atoms with E-state index in [4.69, 9.17) is 9.47 Å². The molecule has 1 fully saturated rings. The number of hydrogen-bond donors (Lipinski definition) is 0. The van der Waals surface area contributed by atoms with E-state index in [-0.39, 0.29) is 11.9 Å². The maximum Gasteiger partial charge on any atom is 0.309 e. The number of hydrogen-bond acceptors (Lipinski definition) is 3. The van der Waals surface area contributed by atoms with Crippen molar-refractivity contribution in [2.45, 2.75) is 12.8 Å². The van der Waals surface area contributed by atoms with Gasteiger partial charge in [-0.25, -0.2) is 0 Å². The molecule has 1 aliphatic heterocycles. The SMILES string of the molecule is CCOC(=O)[C@H]1[C@@H]2COc3ccccc3[C@@H]21. The molecule has 1 saturated carbocycles. The molecule has 3 nitrogen and oxygen atoms in total. The monoisotopic (exact) mass is 218 g/mol.